The van der Waals surface area contributed by atoms with E-state index in [-0.39, 0.29) is 0 Å². The molecule has 1 aromatic heterocycles. The van der Waals surface area contributed by atoms with E-state index in [9.17, 15) is 0 Å². The van der Waals surface area contributed by atoms with Gasteiger partial charge in [0.1, 0.15) is 0 Å². The molecule has 0 saturated heterocycles. The number of rotatable bonds is 5. The van der Waals surface area contributed by atoms with E-state index in [0.717, 1.165) is 30.2 Å². The van der Waals surface area contributed by atoms with E-state index in [2.05, 4.69) is 34.3 Å². The molecule has 0 amide bonds. The van der Waals surface area contributed by atoms with Gasteiger partial charge in [-0.3, -0.25) is 0 Å². The SMILES string of the molecule is Cc1nc(NC2CC(OCc3ccccc3)C2)nc(C)c1C. The molecule has 0 radical (unpaired) electrons. The largest absolute Gasteiger partial charge is 0.373 e. The van der Waals surface area contributed by atoms with Crippen LogP contribution in [0.15, 0.2) is 30.3 Å². The summed E-state index contributed by atoms with van der Waals surface area (Å²) < 4.78 is 5.92. The lowest BCUT2D eigenvalue weighted by molar-refractivity contribution is -0.0151. The van der Waals surface area contributed by atoms with Gasteiger partial charge in [-0.25, -0.2) is 9.97 Å². The lowest BCUT2D eigenvalue weighted by atomic mass is 9.89. The minimum atomic E-state index is 0.338. The van der Waals surface area contributed by atoms with E-state index < -0.39 is 0 Å². The first-order valence-electron chi connectivity index (χ1n) is 7.85. The van der Waals surface area contributed by atoms with E-state index in [1.807, 2.05) is 32.0 Å². The first-order chi connectivity index (χ1) is 10.6. The standard InChI is InChI=1S/C18H23N3O/c1-12-13(2)19-18(20-14(12)3)21-16-9-17(10-16)22-11-15-7-5-4-6-8-15/h4-8,16-17H,9-11H2,1-3H3,(H,19,20,21). The zero-order valence-corrected chi connectivity index (χ0v) is 13.5. The molecular formula is C18H23N3O. The van der Waals surface area contributed by atoms with Crippen LogP contribution in [0.4, 0.5) is 5.95 Å². The number of benzene rings is 1. The number of aryl methyl sites for hydroxylation is 2. The summed E-state index contributed by atoms with van der Waals surface area (Å²) in [7, 11) is 0. The second-order valence-electron chi connectivity index (χ2n) is 6.07. The second kappa shape index (κ2) is 6.44. The van der Waals surface area contributed by atoms with E-state index >= 15 is 0 Å². The van der Waals surface area contributed by atoms with Gasteiger partial charge in [0.2, 0.25) is 5.95 Å². The third kappa shape index (κ3) is 3.45. The van der Waals surface area contributed by atoms with E-state index in [0.29, 0.717) is 18.8 Å². The first-order valence-corrected chi connectivity index (χ1v) is 7.85. The summed E-state index contributed by atoms with van der Waals surface area (Å²) in [6.45, 7) is 6.81. The van der Waals surface area contributed by atoms with Crippen LogP contribution in [0.2, 0.25) is 0 Å². The maximum atomic E-state index is 5.92. The minimum Gasteiger partial charge on any atom is -0.373 e. The fraction of sp³-hybridized carbons (Fsp3) is 0.444. The lowest BCUT2D eigenvalue weighted by Crippen LogP contribution is -2.41. The van der Waals surface area contributed by atoms with Crippen LogP contribution in [0.1, 0.15) is 35.4 Å². The molecule has 0 spiro atoms. The summed E-state index contributed by atoms with van der Waals surface area (Å²) in [5.74, 6) is 0.743. The van der Waals surface area contributed by atoms with Crippen LogP contribution in [0.5, 0.6) is 0 Å². The topological polar surface area (TPSA) is 47.0 Å². The Morgan fingerprint density at radius 3 is 2.32 bits per heavy atom. The molecule has 3 rings (SSSR count). The molecule has 0 bridgehead atoms. The maximum Gasteiger partial charge on any atom is 0.223 e. The van der Waals surface area contributed by atoms with E-state index in [4.69, 9.17) is 4.74 Å². The summed E-state index contributed by atoms with van der Waals surface area (Å²) in [4.78, 5) is 9.02. The Balaban J connectivity index is 1.46. The molecule has 4 nitrogen and oxygen atoms in total. The van der Waals surface area contributed by atoms with Crippen LogP contribution in [0.25, 0.3) is 0 Å². The van der Waals surface area contributed by atoms with Crippen LogP contribution in [-0.4, -0.2) is 22.1 Å². The molecule has 1 saturated carbocycles. The summed E-state index contributed by atoms with van der Waals surface area (Å²) >= 11 is 0. The predicted molar refractivity (Wildman–Crippen MR) is 87.9 cm³/mol. The Bertz CT molecular complexity index is 613. The predicted octanol–water partition coefficient (Wildman–Crippen LogP) is 3.56. The zero-order chi connectivity index (χ0) is 15.5. The molecule has 1 heterocycles. The quantitative estimate of drug-likeness (QED) is 0.916. The van der Waals surface area contributed by atoms with Gasteiger partial charge in [-0.15, -0.1) is 0 Å². The average molecular weight is 297 g/mol. The highest BCUT2D eigenvalue weighted by Crippen LogP contribution is 2.27. The molecule has 1 fully saturated rings. The summed E-state index contributed by atoms with van der Waals surface area (Å²) in [5.41, 5.74) is 4.49. The molecular weight excluding hydrogens is 274 g/mol. The van der Waals surface area contributed by atoms with Crippen molar-refractivity contribution >= 4 is 5.95 Å². The fourth-order valence-corrected chi connectivity index (χ4v) is 2.63. The van der Waals surface area contributed by atoms with Crippen LogP contribution in [0.3, 0.4) is 0 Å². The summed E-state index contributed by atoms with van der Waals surface area (Å²) in [6.07, 6.45) is 2.37. The van der Waals surface area contributed by atoms with Crippen molar-refractivity contribution < 1.29 is 4.74 Å². The molecule has 1 aliphatic carbocycles. The lowest BCUT2D eigenvalue weighted by Gasteiger charge is -2.35. The Hall–Kier alpha value is -1.94. The summed E-state index contributed by atoms with van der Waals surface area (Å²) in [5, 5.41) is 3.41. The van der Waals surface area contributed by atoms with Gasteiger partial charge in [-0.05, 0) is 44.7 Å². The van der Waals surface area contributed by atoms with Crippen LogP contribution < -0.4 is 5.32 Å². The number of hydrogen-bond acceptors (Lipinski definition) is 4. The number of nitrogens with one attached hydrogen (secondary N) is 1. The molecule has 1 aliphatic rings. The van der Waals surface area contributed by atoms with Crippen molar-refractivity contribution in [2.75, 3.05) is 5.32 Å². The molecule has 116 valence electrons. The van der Waals surface area contributed by atoms with Gasteiger partial charge in [0.25, 0.3) is 0 Å². The van der Waals surface area contributed by atoms with E-state index in [1.165, 1.54) is 11.1 Å². The molecule has 0 unspecified atom stereocenters. The van der Waals surface area contributed by atoms with Crippen LogP contribution >= 0.6 is 0 Å². The highest BCUT2D eigenvalue weighted by atomic mass is 16.5. The van der Waals surface area contributed by atoms with Gasteiger partial charge in [0.15, 0.2) is 0 Å². The third-order valence-electron chi connectivity index (χ3n) is 4.39. The number of ether oxygens (including phenoxy) is 1. The number of nitrogens with zero attached hydrogens (tertiary/aromatic N) is 2. The number of hydrogen-bond donors (Lipinski definition) is 1. The normalized spacial score (nSPS) is 20.5. The summed E-state index contributed by atoms with van der Waals surface area (Å²) in [6, 6.07) is 10.7. The van der Waals surface area contributed by atoms with Crippen molar-refractivity contribution in [3.8, 4) is 0 Å². The van der Waals surface area contributed by atoms with Crippen molar-refractivity contribution in [1.82, 2.24) is 9.97 Å². The molecule has 22 heavy (non-hydrogen) atoms. The number of anilines is 1. The number of aromatic nitrogens is 2. The average Bonchev–Trinajstić information content (AvgIpc) is 2.48. The van der Waals surface area contributed by atoms with Gasteiger partial charge in [0.05, 0.1) is 12.7 Å². The highest BCUT2D eigenvalue weighted by Gasteiger charge is 2.30. The monoisotopic (exact) mass is 297 g/mol. The first kappa shape index (κ1) is 15.0. The molecule has 2 aromatic rings. The van der Waals surface area contributed by atoms with Crippen LogP contribution in [0, 0.1) is 20.8 Å². The van der Waals surface area contributed by atoms with Crippen molar-refractivity contribution in [2.24, 2.45) is 0 Å². The molecule has 1 N–H and O–H groups in total. The Kier molecular flexibility index (Phi) is 4.39. The van der Waals surface area contributed by atoms with Crippen molar-refractivity contribution in [3.63, 3.8) is 0 Å². The van der Waals surface area contributed by atoms with Crippen molar-refractivity contribution in [1.29, 1.82) is 0 Å². The molecule has 0 aliphatic heterocycles. The third-order valence-corrected chi connectivity index (χ3v) is 4.39. The van der Waals surface area contributed by atoms with Gasteiger partial charge < -0.3 is 10.1 Å². The van der Waals surface area contributed by atoms with Gasteiger partial charge in [0, 0.05) is 17.4 Å². The van der Waals surface area contributed by atoms with Crippen molar-refractivity contribution in [2.45, 2.75) is 52.4 Å². The second-order valence-corrected chi connectivity index (χ2v) is 6.07. The Morgan fingerprint density at radius 1 is 1.05 bits per heavy atom. The fourth-order valence-electron chi connectivity index (χ4n) is 2.63. The molecule has 1 aromatic carbocycles. The van der Waals surface area contributed by atoms with Gasteiger partial charge >= 0.3 is 0 Å². The Labute approximate surface area is 132 Å². The zero-order valence-electron chi connectivity index (χ0n) is 13.5. The maximum absolute atomic E-state index is 5.92. The smallest absolute Gasteiger partial charge is 0.223 e. The van der Waals surface area contributed by atoms with Crippen molar-refractivity contribution in [3.05, 3.63) is 52.8 Å². The van der Waals surface area contributed by atoms with Gasteiger partial charge in [-0.2, -0.15) is 0 Å². The van der Waals surface area contributed by atoms with Crippen LogP contribution in [-0.2, 0) is 11.3 Å². The minimum absolute atomic E-state index is 0.338. The Morgan fingerprint density at radius 2 is 1.68 bits per heavy atom. The highest BCUT2D eigenvalue weighted by molar-refractivity contribution is 5.34. The molecule has 4 heteroatoms. The molecule has 0 atom stereocenters. The van der Waals surface area contributed by atoms with E-state index in [1.54, 1.807) is 0 Å². The van der Waals surface area contributed by atoms with Gasteiger partial charge in [-0.1, -0.05) is 30.3 Å².